The van der Waals surface area contributed by atoms with Gasteiger partial charge < -0.3 is 23.8 Å². The van der Waals surface area contributed by atoms with E-state index in [0.717, 1.165) is 72.7 Å². The van der Waals surface area contributed by atoms with Crippen molar-refractivity contribution >= 4 is 11.9 Å². The van der Waals surface area contributed by atoms with Gasteiger partial charge >= 0.3 is 0 Å². The van der Waals surface area contributed by atoms with Gasteiger partial charge in [0.05, 0.1) is 30.9 Å². The second-order valence-electron chi connectivity index (χ2n) is 11.6. The van der Waals surface area contributed by atoms with E-state index in [9.17, 15) is 0 Å². The normalized spacial score (nSPS) is 27.4. The lowest BCUT2D eigenvalue weighted by Gasteiger charge is -2.49. The van der Waals surface area contributed by atoms with E-state index in [-0.39, 0.29) is 5.41 Å². The summed E-state index contributed by atoms with van der Waals surface area (Å²) < 4.78 is 13.5. The fourth-order valence-corrected chi connectivity index (χ4v) is 6.48. The number of methoxy groups -OCH3 is 2. The molecule has 7 nitrogen and oxygen atoms in total. The van der Waals surface area contributed by atoms with Crippen LogP contribution in [0.2, 0.25) is 0 Å². The molecule has 2 fully saturated rings. The van der Waals surface area contributed by atoms with Crippen molar-refractivity contribution in [3.05, 3.63) is 82.9 Å². The lowest BCUT2D eigenvalue weighted by atomic mass is 9.66. The Kier molecular flexibility index (Phi) is 6.50. The number of aromatic nitrogens is 2. The van der Waals surface area contributed by atoms with Crippen LogP contribution in [0.3, 0.4) is 0 Å². The monoisotopic (exact) mass is 526 g/mol. The van der Waals surface area contributed by atoms with E-state index in [1.807, 2.05) is 31.1 Å². The fraction of sp³-hybridized carbons (Fsp3) is 0.438. The summed E-state index contributed by atoms with van der Waals surface area (Å²) in [5.74, 6) is 1.74. The molecule has 1 saturated carbocycles. The lowest BCUT2D eigenvalue weighted by Crippen LogP contribution is -2.54. The van der Waals surface area contributed by atoms with Crippen LogP contribution in [-0.2, 0) is 15.3 Å². The average Bonchev–Trinajstić information content (AvgIpc) is 3.53. The smallest absolute Gasteiger partial charge is 0.234 e. The number of nitrogens with zero attached hydrogens (tertiary/aromatic N) is 4. The molecular formula is C32H38N4O3. The second kappa shape index (κ2) is 9.87. The molecule has 2 aromatic carbocycles. The number of imidazole rings is 1. The van der Waals surface area contributed by atoms with E-state index < -0.39 is 5.72 Å². The maximum absolute atomic E-state index is 6.30. The molecule has 1 atom stereocenters. The third-order valence-electron chi connectivity index (χ3n) is 8.88. The molecule has 0 bridgehead atoms. The first kappa shape index (κ1) is 25.7. The molecule has 204 valence electrons. The Morgan fingerprint density at radius 3 is 2.49 bits per heavy atom. The first-order chi connectivity index (χ1) is 18.8. The van der Waals surface area contributed by atoms with E-state index in [0.29, 0.717) is 6.10 Å². The zero-order valence-corrected chi connectivity index (χ0v) is 23.6. The number of hydrogen-bond donors (Lipinski definition) is 0. The van der Waals surface area contributed by atoms with Gasteiger partial charge in [-0.1, -0.05) is 41.1 Å². The molecular weight excluding hydrogens is 488 g/mol. The van der Waals surface area contributed by atoms with Gasteiger partial charge in [0.2, 0.25) is 5.72 Å². The van der Waals surface area contributed by atoms with Crippen molar-refractivity contribution in [1.29, 1.82) is 0 Å². The largest absolute Gasteiger partial charge is 0.495 e. The average molecular weight is 527 g/mol. The maximum Gasteiger partial charge on any atom is 0.234 e. The molecule has 3 heterocycles. The van der Waals surface area contributed by atoms with Crippen LogP contribution < -0.4 is 4.74 Å². The number of benzene rings is 2. The standard InChI is InChI=1S/C32H38N4O3/c1-22-6-9-26(10-7-22)31(3)36-20-32(14-12-27(37-4)13-15-32)18-25(30(36)34-39-31)16-24-8-11-28(29(17-24)38-5)35-19-23(2)33-21-35/h6-11,16-17,19,21,27H,12-15,18,20H2,1-5H3/b25-16+. The van der Waals surface area contributed by atoms with Gasteiger partial charge in [-0.3, -0.25) is 0 Å². The summed E-state index contributed by atoms with van der Waals surface area (Å²) in [6.07, 6.45) is 11.8. The van der Waals surface area contributed by atoms with Crippen molar-refractivity contribution < 1.29 is 14.3 Å². The Balaban J connectivity index is 1.39. The Hall–Kier alpha value is -3.58. The van der Waals surface area contributed by atoms with Crippen LogP contribution in [-0.4, -0.2) is 47.2 Å². The maximum atomic E-state index is 6.30. The second-order valence-corrected chi connectivity index (χ2v) is 11.6. The van der Waals surface area contributed by atoms with E-state index in [1.165, 1.54) is 11.1 Å². The molecule has 3 aromatic rings. The van der Waals surface area contributed by atoms with Gasteiger partial charge in [0.15, 0.2) is 5.84 Å². The summed E-state index contributed by atoms with van der Waals surface area (Å²) in [4.78, 5) is 13.1. The molecule has 7 heteroatoms. The minimum Gasteiger partial charge on any atom is -0.495 e. The van der Waals surface area contributed by atoms with Crippen molar-refractivity contribution in [2.24, 2.45) is 10.6 Å². The predicted molar refractivity (Wildman–Crippen MR) is 153 cm³/mol. The van der Waals surface area contributed by atoms with Gasteiger partial charge in [-0.05, 0) is 80.7 Å². The molecule has 1 aromatic heterocycles. The summed E-state index contributed by atoms with van der Waals surface area (Å²) in [5, 5.41) is 4.71. The molecule has 3 aliphatic rings. The predicted octanol–water partition coefficient (Wildman–Crippen LogP) is 6.38. The Bertz CT molecular complexity index is 1420. The number of hydrogen-bond acceptors (Lipinski definition) is 6. The number of piperidine rings is 1. The van der Waals surface area contributed by atoms with Crippen LogP contribution in [0.4, 0.5) is 0 Å². The van der Waals surface area contributed by atoms with Gasteiger partial charge in [-0.2, -0.15) is 0 Å². The summed E-state index contributed by atoms with van der Waals surface area (Å²) in [6, 6.07) is 15.0. The summed E-state index contributed by atoms with van der Waals surface area (Å²) in [7, 11) is 3.55. The minimum atomic E-state index is -0.644. The molecule has 2 aliphatic heterocycles. The number of rotatable bonds is 5. The van der Waals surface area contributed by atoms with Gasteiger partial charge in [0.25, 0.3) is 0 Å². The van der Waals surface area contributed by atoms with Crippen LogP contribution >= 0.6 is 0 Å². The molecule has 0 N–H and O–H groups in total. The molecule has 1 aliphatic carbocycles. The third kappa shape index (κ3) is 4.63. The van der Waals surface area contributed by atoms with Gasteiger partial charge in [-0.25, -0.2) is 4.98 Å². The topological polar surface area (TPSA) is 61.1 Å². The third-order valence-corrected chi connectivity index (χ3v) is 8.88. The molecule has 39 heavy (non-hydrogen) atoms. The van der Waals surface area contributed by atoms with Crippen LogP contribution in [0.1, 0.15) is 61.4 Å². The Morgan fingerprint density at radius 1 is 1.05 bits per heavy atom. The molecule has 0 amide bonds. The van der Waals surface area contributed by atoms with Crippen molar-refractivity contribution in [2.75, 3.05) is 20.8 Å². The molecule has 0 radical (unpaired) electrons. The molecule has 1 saturated heterocycles. The number of aryl methyl sites for hydroxylation is 2. The minimum absolute atomic E-state index is 0.151. The van der Waals surface area contributed by atoms with E-state index >= 15 is 0 Å². The number of oxime groups is 1. The quantitative estimate of drug-likeness (QED) is 0.386. The first-order valence-corrected chi connectivity index (χ1v) is 13.9. The summed E-state index contributed by atoms with van der Waals surface area (Å²) >= 11 is 0. The van der Waals surface area contributed by atoms with Gasteiger partial charge in [0.1, 0.15) is 5.75 Å². The van der Waals surface area contributed by atoms with Gasteiger partial charge in [0, 0.05) is 32.3 Å². The van der Waals surface area contributed by atoms with Crippen molar-refractivity contribution in [3.8, 4) is 11.4 Å². The number of fused-ring (bicyclic) bond motifs is 1. The van der Waals surface area contributed by atoms with Gasteiger partial charge in [-0.15, -0.1) is 0 Å². The van der Waals surface area contributed by atoms with E-state index in [2.05, 4.69) is 72.3 Å². The zero-order chi connectivity index (χ0) is 27.2. The molecule has 6 rings (SSSR count). The zero-order valence-electron chi connectivity index (χ0n) is 23.6. The van der Waals surface area contributed by atoms with Crippen LogP contribution in [0.15, 0.2) is 65.7 Å². The highest BCUT2D eigenvalue weighted by Crippen LogP contribution is 2.51. The molecule has 1 spiro atoms. The fourth-order valence-electron chi connectivity index (χ4n) is 6.48. The lowest BCUT2D eigenvalue weighted by molar-refractivity contribution is -0.109. The summed E-state index contributed by atoms with van der Waals surface area (Å²) in [6.45, 7) is 7.17. The number of ether oxygens (including phenoxy) is 2. The highest BCUT2D eigenvalue weighted by molar-refractivity contribution is 6.03. The first-order valence-electron chi connectivity index (χ1n) is 13.9. The molecule has 1 unspecified atom stereocenters. The van der Waals surface area contributed by atoms with Crippen molar-refractivity contribution in [2.45, 2.75) is 64.7 Å². The van der Waals surface area contributed by atoms with E-state index in [1.54, 1.807) is 7.11 Å². The van der Waals surface area contributed by atoms with E-state index in [4.69, 9.17) is 19.5 Å². The SMILES string of the molecule is COc1cc(/C=C2\CC3(CCC(OC)CC3)CN3C2=NOC3(C)c2ccc(C)cc2)ccc1-n1cnc(C)c1. The Labute approximate surface area is 231 Å². The van der Waals surface area contributed by atoms with Crippen LogP contribution in [0.5, 0.6) is 5.75 Å². The highest BCUT2D eigenvalue weighted by atomic mass is 16.7. The highest BCUT2D eigenvalue weighted by Gasteiger charge is 2.52. The summed E-state index contributed by atoms with van der Waals surface area (Å²) in [5.41, 5.74) is 6.08. The van der Waals surface area contributed by atoms with Crippen molar-refractivity contribution in [3.63, 3.8) is 0 Å². The van der Waals surface area contributed by atoms with Crippen LogP contribution in [0, 0.1) is 19.3 Å². The van der Waals surface area contributed by atoms with Crippen molar-refractivity contribution in [1.82, 2.24) is 14.5 Å². The Morgan fingerprint density at radius 2 is 1.82 bits per heavy atom. The van der Waals surface area contributed by atoms with Crippen LogP contribution in [0.25, 0.3) is 11.8 Å². The number of amidine groups is 1.